The van der Waals surface area contributed by atoms with Crippen LogP contribution in [0.5, 0.6) is 0 Å². The van der Waals surface area contributed by atoms with Gasteiger partial charge >= 0.3 is 5.97 Å². The van der Waals surface area contributed by atoms with Gasteiger partial charge in [0.05, 0.1) is 0 Å². The molecule has 1 fully saturated rings. The minimum absolute atomic E-state index is 0.0711. The van der Waals surface area contributed by atoms with Crippen molar-refractivity contribution in [3.63, 3.8) is 0 Å². The molecule has 192 valence electrons. The van der Waals surface area contributed by atoms with Crippen LogP contribution in [0.4, 0.5) is 5.13 Å². The highest BCUT2D eigenvalue weighted by Crippen LogP contribution is 2.42. The van der Waals surface area contributed by atoms with Crippen molar-refractivity contribution in [1.82, 2.24) is 25.2 Å². The Labute approximate surface area is 218 Å². The summed E-state index contributed by atoms with van der Waals surface area (Å²) in [6.07, 6.45) is 3.70. The number of fused-ring (bicyclic) bond motifs is 2. The number of aromatic nitrogens is 4. The van der Waals surface area contributed by atoms with Gasteiger partial charge in [0.2, 0.25) is 0 Å². The number of amides is 2. The number of aryl methyl sites for hydroxylation is 1. The predicted molar refractivity (Wildman–Crippen MR) is 135 cm³/mol. The van der Waals surface area contributed by atoms with Gasteiger partial charge in [0.15, 0.2) is 29.3 Å². The first kappa shape index (κ1) is 24.7. The zero-order valence-corrected chi connectivity index (χ0v) is 21.6. The van der Waals surface area contributed by atoms with E-state index in [2.05, 4.69) is 25.4 Å². The molecule has 3 atom stereocenters. The van der Waals surface area contributed by atoms with Gasteiger partial charge in [-0.15, -0.1) is 23.1 Å². The highest BCUT2D eigenvalue weighted by molar-refractivity contribution is 8.00. The van der Waals surface area contributed by atoms with Crippen molar-refractivity contribution >= 4 is 62.8 Å². The molecule has 0 radical (unpaired) electrons. The third kappa shape index (κ3) is 4.29. The number of rotatable bonds is 7. The van der Waals surface area contributed by atoms with Gasteiger partial charge in [0.1, 0.15) is 46.8 Å². The maximum Gasteiger partial charge on any atom is 0.352 e. The van der Waals surface area contributed by atoms with Crippen molar-refractivity contribution in [2.75, 3.05) is 18.6 Å². The van der Waals surface area contributed by atoms with Crippen molar-refractivity contribution < 1.29 is 28.9 Å². The highest BCUT2D eigenvalue weighted by Gasteiger charge is 2.55. The van der Waals surface area contributed by atoms with E-state index in [0.29, 0.717) is 11.3 Å². The number of nitrogens with one attached hydrogen (secondary N) is 2. The quantitative estimate of drug-likeness (QED) is 0.143. The molecule has 0 aromatic carbocycles. The van der Waals surface area contributed by atoms with Gasteiger partial charge in [-0.2, -0.15) is 4.57 Å². The molecule has 0 bridgehead atoms. The summed E-state index contributed by atoms with van der Waals surface area (Å²) in [6.45, 7) is 3.74. The number of imidazole rings is 1. The molecule has 15 heteroatoms. The maximum absolute atomic E-state index is 13.1. The second-order valence-corrected chi connectivity index (χ2v) is 10.4. The lowest BCUT2D eigenvalue weighted by Gasteiger charge is -2.49. The van der Waals surface area contributed by atoms with Crippen LogP contribution in [0.25, 0.3) is 11.0 Å². The number of nitrogen functional groups attached to an aromatic ring is 1. The van der Waals surface area contributed by atoms with Gasteiger partial charge in [0, 0.05) is 29.7 Å². The van der Waals surface area contributed by atoms with E-state index in [1.54, 1.807) is 5.38 Å². The Morgan fingerprint density at radius 1 is 1.43 bits per heavy atom. The second-order valence-electron chi connectivity index (χ2n) is 8.42. The fourth-order valence-corrected chi connectivity index (χ4v) is 6.40. The van der Waals surface area contributed by atoms with Crippen LogP contribution in [0, 0.1) is 6.92 Å². The van der Waals surface area contributed by atoms with E-state index in [9.17, 15) is 19.5 Å². The number of thiazole rings is 1. The summed E-state index contributed by atoms with van der Waals surface area (Å²) in [5, 5.41) is 17.7. The molecule has 1 saturated heterocycles. The molecule has 3 aromatic heterocycles. The number of carbonyl (C=O) groups excluding carboxylic acids is 2. The van der Waals surface area contributed by atoms with Crippen LogP contribution in [0.3, 0.4) is 0 Å². The molecule has 2 aliphatic heterocycles. The number of carboxylic acid groups (broad SMARTS) is 1. The molecule has 2 amide bonds. The summed E-state index contributed by atoms with van der Waals surface area (Å²) in [7, 11) is 1.28. The van der Waals surface area contributed by atoms with Gasteiger partial charge in [-0.1, -0.05) is 5.16 Å². The molecule has 2 unspecified atom stereocenters. The zero-order chi connectivity index (χ0) is 26.4. The van der Waals surface area contributed by atoms with Gasteiger partial charge in [0.25, 0.3) is 11.8 Å². The Balaban J connectivity index is 1.39. The number of carboxylic acids is 1. The van der Waals surface area contributed by atoms with E-state index < -0.39 is 29.2 Å². The van der Waals surface area contributed by atoms with Crippen LogP contribution in [-0.4, -0.2) is 72.7 Å². The third-order valence-corrected chi connectivity index (χ3v) is 8.14. The van der Waals surface area contributed by atoms with E-state index in [4.69, 9.17) is 10.6 Å². The number of oxime groups is 1. The number of aromatic amines is 1. The topological polar surface area (TPSA) is 180 Å². The number of anilines is 1. The Kier molecular flexibility index (Phi) is 6.33. The number of hydrogen-bond acceptors (Lipinski definition) is 10. The molecule has 5 heterocycles. The second kappa shape index (κ2) is 9.48. The number of hydrogen-bond donors (Lipinski definition) is 4. The number of aliphatic carboxylic acids is 1. The molecule has 0 saturated carbocycles. The Morgan fingerprint density at radius 2 is 2.22 bits per heavy atom. The highest BCUT2D eigenvalue weighted by atomic mass is 32.2. The fraction of sp³-hybridized carbons (Fsp3) is 0.318. The maximum atomic E-state index is 13.1. The number of carbonyl (C=O) groups is 3. The molecular formula is C22H23N8O5S2+. The lowest BCUT2D eigenvalue weighted by Crippen LogP contribution is -2.71. The van der Waals surface area contributed by atoms with E-state index in [1.165, 1.54) is 23.8 Å². The third-order valence-electron chi connectivity index (χ3n) is 6.16. The molecule has 0 aliphatic carbocycles. The molecular weight excluding hydrogens is 520 g/mol. The number of thioether (sulfide) groups is 1. The fourth-order valence-electron chi connectivity index (χ4n) is 4.39. The van der Waals surface area contributed by atoms with E-state index in [0.717, 1.165) is 28.2 Å². The van der Waals surface area contributed by atoms with Gasteiger partial charge in [-0.05, 0) is 6.92 Å². The first-order valence-corrected chi connectivity index (χ1v) is 13.0. The Morgan fingerprint density at radius 3 is 2.89 bits per heavy atom. The number of nitrogens with zero attached hydrogens (tertiary/aromatic N) is 5. The van der Waals surface area contributed by atoms with Crippen LogP contribution in [-0.2, 0) is 19.2 Å². The zero-order valence-electron chi connectivity index (χ0n) is 20.0. The summed E-state index contributed by atoms with van der Waals surface area (Å²) in [5.74, 6) is -1.27. The number of nitrogens with two attached hydrogens (primary N) is 1. The molecule has 3 aromatic rings. The minimum atomic E-state index is -1.20. The van der Waals surface area contributed by atoms with E-state index in [-0.39, 0.29) is 28.3 Å². The van der Waals surface area contributed by atoms with Crippen LogP contribution < -0.4 is 15.6 Å². The average molecular weight is 544 g/mol. The average Bonchev–Trinajstić information content (AvgIpc) is 3.47. The van der Waals surface area contributed by atoms with E-state index in [1.807, 2.05) is 36.9 Å². The number of H-pyrrole nitrogens is 1. The van der Waals surface area contributed by atoms with Crippen molar-refractivity contribution in [1.29, 1.82) is 0 Å². The van der Waals surface area contributed by atoms with Crippen LogP contribution in [0.15, 0.2) is 40.3 Å². The molecule has 5 N–H and O–H groups in total. The monoisotopic (exact) mass is 543 g/mol. The first-order chi connectivity index (χ1) is 17.7. The summed E-state index contributed by atoms with van der Waals surface area (Å²) >= 11 is 2.51. The standard InChI is InChI=1S/C22H22N8O5S2/c1-9(29-5-4-12-13(6-29)25-10(2)24-12)11-7-36-20-16(19(32)30(20)17(11)21(33)34)27-18(31)15(28-35-3)14-8-37-22(23)26-14/h4-6,8-9,16,20H,7H2,1-3H3,(H4,23,26,27,31,33,34)/p+1/t9?,16?,20-/m0/s1. The van der Waals surface area contributed by atoms with Gasteiger partial charge in [-0.3, -0.25) is 14.5 Å². The van der Waals surface area contributed by atoms with Gasteiger partial charge in [-0.25, -0.2) is 14.8 Å². The van der Waals surface area contributed by atoms with Crippen LogP contribution in [0.1, 0.15) is 24.5 Å². The lowest BCUT2D eigenvalue weighted by molar-refractivity contribution is -0.710. The number of pyridine rings is 1. The summed E-state index contributed by atoms with van der Waals surface area (Å²) in [5.41, 5.74) is 7.89. The number of β-lactam (4-membered cyclic amide) rings is 1. The predicted octanol–water partition coefficient (Wildman–Crippen LogP) is 0.548. The molecule has 5 rings (SSSR count). The Hall–Kier alpha value is -3.98. The van der Waals surface area contributed by atoms with Crippen molar-refractivity contribution in [2.24, 2.45) is 5.16 Å². The van der Waals surface area contributed by atoms with Crippen LogP contribution >= 0.6 is 23.1 Å². The molecule has 13 nitrogen and oxygen atoms in total. The summed E-state index contributed by atoms with van der Waals surface area (Å²) < 4.78 is 1.88. The first-order valence-electron chi connectivity index (χ1n) is 11.1. The van der Waals surface area contributed by atoms with Gasteiger partial charge < -0.3 is 26.0 Å². The molecule has 0 spiro atoms. The largest absolute Gasteiger partial charge is 0.477 e. The lowest BCUT2D eigenvalue weighted by atomic mass is 9.99. The smallest absolute Gasteiger partial charge is 0.352 e. The minimum Gasteiger partial charge on any atom is -0.477 e. The van der Waals surface area contributed by atoms with Crippen molar-refractivity contribution in [3.05, 3.63) is 46.6 Å². The van der Waals surface area contributed by atoms with Crippen molar-refractivity contribution in [3.8, 4) is 0 Å². The summed E-state index contributed by atoms with van der Waals surface area (Å²) in [4.78, 5) is 56.0. The van der Waals surface area contributed by atoms with Crippen molar-refractivity contribution in [2.45, 2.75) is 31.3 Å². The SMILES string of the molecule is CON=C(C(=O)NC1C(=O)N2C(C(=O)O)=C(C(C)[n+]3ccc4nc(C)[nH]c4c3)CS[C@@H]12)c1csc(N)n1. The van der Waals surface area contributed by atoms with E-state index >= 15 is 0 Å². The molecule has 2 aliphatic rings. The normalized spacial score (nSPS) is 20.5. The Bertz CT molecular complexity index is 1500. The van der Waals surface area contributed by atoms with Crippen LogP contribution in [0.2, 0.25) is 0 Å². The molecule has 37 heavy (non-hydrogen) atoms. The summed E-state index contributed by atoms with van der Waals surface area (Å²) in [6, 6.07) is 0.577.